The average molecular weight is 369 g/mol. The number of hydrazone groups is 1. The van der Waals surface area contributed by atoms with Crippen molar-refractivity contribution in [2.75, 3.05) is 6.54 Å². The maximum atomic E-state index is 12.5. The molecule has 0 saturated carbocycles. The predicted molar refractivity (Wildman–Crippen MR) is 99.2 cm³/mol. The van der Waals surface area contributed by atoms with E-state index in [0.717, 1.165) is 11.8 Å². The molecule has 8 heteroatoms. The van der Waals surface area contributed by atoms with E-state index >= 15 is 0 Å². The highest BCUT2D eigenvalue weighted by Crippen LogP contribution is 2.32. The molecular weight excluding hydrogens is 354 g/mol. The maximum Gasteiger partial charge on any atom is 0.275 e. The molecule has 132 valence electrons. The minimum atomic E-state index is -0.578. The Morgan fingerprint density at radius 2 is 2.15 bits per heavy atom. The molecule has 1 aliphatic rings. The highest BCUT2D eigenvalue weighted by atomic mass is 32.2. The van der Waals surface area contributed by atoms with Gasteiger partial charge >= 0.3 is 0 Å². The van der Waals surface area contributed by atoms with E-state index in [1.165, 1.54) is 23.3 Å². The molecule has 1 aromatic heterocycles. The van der Waals surface area contributed by atoms with Crippen LogP contribution in [0, 0.1) is 0 Å². The minimum Gasteiger partial charge on any atom is -0.507 e. The Morgan fingerprint density at radius 3 is 2.85 bits per heavy atom. The zero-order valence-corrected chi connectivity index (χ0v) is 14.4. The molecule has 1 fully saturated rings. The lowest BCUT2D eigenvalue weighted by atomic mass is 10.2. The van der Waals surface area contributed by atoms with Gasteiger partial charge in [-0.15, -0.1) is 11.7 Å². The van der Waals surface area contributed by atoms with E-state index in [1.807, 2.05) is 0 Å². The number of para-hydroxylation sites is 1. The fourth-order valence-electron chi connectivity index (χ4n) is 2.21. The summed E-state index contributed by atoms with van der Waals surface area (Å²) in [7, 11) is 0. The predicted octanol–water partition coefficient (Wildman–Crippen LogP) is 2.79. The van der Waals surface area contributed by atoms with Crippen molar-refractivity contribution < 1.29 is 19.1 Å². The van der Waals surface area contributed by atoms with Crippen LogP contribution in [0.5, 0.6) is 5.75 Å². The van der Waals surface area contributed by atoms with Gasteiger partial charge in [0.1, 0.15) is 11.5 Å². The Labute approximate surface area is 153 Å². The summed E-state index contributed by atoms with van der Waals surface area (Å²) < 4.78 is 5.23. The number of thioether (sulfide) groups is 1. The number of phenolic OH excluding ortho intramolecular Hbond substituents is 1. The first-order valence-corrected chi connectivity index (χ1v) is 8.43. The number of phenols is 1. The Kier molecular flexibility index (Phi) is 5.23. The summed E-state index contributed by atoms with van der Waals surface area (Å²) >= 11 is 1.11. The molecule has 0 atom stereocenters. The summed E-state index contributed by atoms with van der Waals surface area (Å²) in [5.41, 5.74) is 2.45. The molecule has 1 aromatic carbocycles. The second-order valence-electron chi connectivity index (χ2n) is 5.18. The quantitative estimate of drug-likeness (QED) is 0.480. The molecule has 0 radical (unpaired) electrons. The van der Waals surface area contributed by atoms with Crippen LogP contribution in [0.15, 0.2) is 69.7 Å². The number of carbonyl (C=O) groups excluding carboxylic acids is 2. The first-order valence-electron chi connectivity index (χ1n) is 7.62. The second-order valence-corrected chi connectivity index (χ2v) is 6.19. The first-order chi connectivity index (χ1) is 12.6. The van der Waals surface area contributed by atoms with E-state index in [9.17, 15) is 14.7 Å². The van der Waals surface area contributed by atoms with Crippen LogP contribution >= 0.6 is 11.8 Å². The molecule has 1 saturated heterocycles. The van der Waals surface area contributed by atoms with Gasteiger partial charge in [-0.05, 0) is 36.0 Å². The van der Waals surface area contributed by atoms with E-state index in [0.29, 0.717) is 15.8 Å². The molecule has 0 spiro atoms. The van der Waals surface area contributed by atoms with E-state index in [2.05, 4.69) is 17.1 Å². The first kappa shape index (κ1) is 17.6. The molecule has 1 aliphatic heterocycles. The molecule has 2 heterocycles. The normalized spacial score (nSPS) is 17.1. The van der Waals surface area contributed by atoms with Gasteiger partial charge in [0, 0.05) is 12.6 Å². The topological polar surface area (TPSA) is 95.1 Å². The third kappa shape index (κ3) is 3.70. The monoisotopic (exact) mass is 369 g/mol. The number of furan rings is 1. The van der Waals surface area contributed by atoms with E-state index < -0.39 is 5.91 Å². The minimum absolute atomic E-state index is 0.0906. The number of nitrogens with zero attached hydrogens (tertiary/aromatic N) is 2. The largest absolute Gasteiger partial charge is 0.507 e. The van der Waals surface area contributed by atoms with Gasteiger partial charge in [-0.25, -0.2) is 5.43 Å². The van der Waals surface area contributed by atoms with Gasteiger partial charge in [-0.3, -0.25) is 14.5 Å². The summed E-state index contributed by atoms with van der Waals surface area (Å²) in [5, 5.41) is 14.1. The number of amidine groups is 1. The summed E-state index contributed by atoms with van der Waals surface area (Å²) in [4.78, 5) is 26.5. The van der Waals surface area contributed by atoms with Gasteiger partial charge in [-0.2, -0.15) is 0 Å². The lowest BCUT2D eigenvalue weighted by molar-refractivity contribution is -0.121. The van der Waals surface area contributed by atoms with Crippen LogP contribution < -0.4 is 5.43 Å². The number of hydrogen-bond acceptors (Lipinski definition) is 6. The van der Waals surface area contributed by atoms with Gasteiger partial charge in [0.2, 0.25) is 0 Å². The number of rotatable bonds is 5. The molecule has 2 aromatic rings. The molecule has 0 aliphatic carbocycles. The third-order valence-electron chi connectivity index (χ3n) is 3.42. The van der Waals surface area contributed by atoms with E-state index in [4.69, 9.17) is 4.42 Å². The molecule has 0 bridgehead atoms. The average Bonchev–Trinajstić information content (AvgIpc) is 3.24. The molecule has 3 rings (SSSR count). The molecule has 7 nitrogen and oxygen atoms in total. The van der Waals surface area contributed by atoms with Crippen LogP contribution in [0.1, 0.15) is 16.1 Å². The number of amides is 2. The smallest absolute Gasteiger partial charge is 0.275 e. The number of hydrogen-bond donors (Lipinski definition) is 2. The Balaban J connectivity index is 1.81. The van der Waals surface area contributed by atoms with Crippen LogP contribution in [0.3, 0.4) is 0 Å². The lowest BCUT2D eigenvalue weighted by Gasteiger charge is -2.12. The molecule has 2 amide bonds. The van der Waals surface area contributed by atoms with Crippen molar-refractivity contribution in [3.8, 4) is 5.75 Å². The lowest BCUT2D eigenvalue weighted by Crippen LogP contribution is -2.31. The van der Waals surface area contributed by atoms with Gasteiger partial charge in [0.25, 0.3) is 11.8 Å². The highest BCUT2D eigenvalue weighted by Gasteiger charge is 2.33. The Hall–Kier alpha value is -3.26. The standard InChI is InChI=1S/C18H15N3O4S/c1-2-9-21-17(24)15(11-12-6-5-10-25-12)26-18(21)20-19-16(23)13-7-3-4-8-14(13)22/h2-8,10-11,22H,1,9H2,(H,19,23)/b15-11-,20-18+. The van der Waals surface area contributed by atoms with Crippen LogP contribution in [-0.2, 0) is 4.79 Å². The molecular formula is C18H15N3O4S. The summed E-state index contributed by atoms with van der Waals surface area (Å²) in [6.45, 7) is 3.87. The number of aromatic hydroxyl groups is 1. The number of carbonyl (C=O) groups is 2. The maximum absolute atomic E-state index is 12.5. The SMILES string of the molecule is C=CCN1C(=O)/C(=C/c2ccco2)S/C1=N/NC(=O)c1ccccc1O. The zero-order chi connectivity index (χ0) is 18.5. The van der Waals surface area contributed by atoms with Gasteiger partial charge < -0.3 is 9.52 Å². The Bertz CT molecular complexity index is 903. The van der Waals surface area contributed by atoms with E-state index in [-0.39, 0.29) is 23.8 Å². The highest BCUT2D eigenvalue weighted by molar-refractivity contribution is 8.18. The fourth-order valence-corrected chi connectivity index (χ4v) is 3.14. The summed E-state index contributed by atoms with van der Waals surface area (Å²) in [5.74, 6) is -0.451. The van der Waals surface area contributed by atoms with Crippen molar-refractivity contribution in [1.82, 2.24) is 10.3 Å². The van der Waals surface area contributed by atoms with Crippen LogP contribution in [0.4, 0.5) is 0 Å². The van der Waals surface area contributed by atoms with Crippen LogP contribution in [0.25, 0.3) is 6.08 Å². The summed E-state index contributed by atoms with van der Waals surface area (Å²) in [6, 6.07) is 9.57. The van der Waals surface area contributed by atoms with E-state index in [1.54, 1.807) is 36.4 Å². The zero-order valence-electron chi connectivity index (χ0n) is 13.6. The summed E-state index contributed by atoms with van der Waals surface area (Å²) in [6.07, 6.45) is 4.69. The molecule has 26 heavy (non-hydrogen) atoms. The van der Waals surface area contributed by atoms with Crippen molar-refractivity contribution in [2.45, 2.75) is 0 Å². The van der Waals surface area contributed by atoms with Gasteiger partial charge in [-0.1, -0.05) is 18.2 Å². The molecule has 0 unspecified atom stereocenters. The van der Waals surface area contributed by atoms with Gasteiger partial charge in [0.05, 0.1) is 16.7 Å². The fraction of sp³-hybridized carbons (Fsp3) is 0.0556. The Morgan fingerprint density at radius 1 is 1.35 bits per heavy atom. The van der Waals surface area contributed by atoms with Crippen molar-refractivity contribution in [1.29, 1.82) is 0 Å². The molecule has 2 N–H and O–H groups in total. The number of nitrogens with one attached hydrogen (secondary N) is 1. The van der Waals surface area contributed by atoms with Crippen LogP contribution in [0.2, 0.25) is 0 Å². The van der Waals surface area contributed by atoms with Crippen molar-refractivity contribution in [3.05, 3.63) is 71.5 Å². The van der Waals surface area contributed by atoms with Crippen molar-refractivity contribution in [2.24, 2.45) is 5.10 Å². The third-order valence-corrected chi connectivity index (χ3v) is 4.42. The van der Waals surface area contributed by atoms with Crippen molar-refractivity contribution in [3.63, 3.8) is 0 Å². The number of benzene rings is 1. The van der Waals surface area contributed by atoms with Crippen molar-refractivity contribution >= 4 is 34.8 Å². The second kappa shape index (κ2) is 7.75. The van der Waals surface area contributed by atoms with Crippen LogP contribution in [-0.4, -0.2) is 33.5 Å². The van der Waals surface area contributed by atoms with Gasteiger partial charge in [0.15, 0.2) is 5.17 Å².